The van der Waals surface area contributed by atoms with Gasteiger partial charge < -0.3 is 30.0 Å². The van der Waals surface area contributed by atoms with E-state index in [2.05, 4.69) is 5.32 Å². The molecule has 0 fully saturated rings. The lowest BCUT2D eigenvalue weighted by Gasteiger charge is -2.21. The molecule has 0 radical (unpaired) electrons. The van der Waals surface area contributed by atoms with Gasteiger partial charge in [0, 0.05) is 32.4 Å². The Morgan fingerprint density at radius 1 is 1.42 bits per heavy atom. The van der Waals surface area contributed by atoms with E-state index >= 15 is 0 Å². The van der Waals surface area contributed by atoms with E-state index in [4.69, 9.17) is 19.6 Å². The predicted octanol–water partition coefficient (Wildman–Crippen LogP) is 2.06. The molecule has 1 heterocycles. The van der Waals surface area contributed by atoms with Crippen LogP contribution < -0.4 is 11.1 Å². The molecule has 0 saturated carbocycles. The van der Waals surface area contributed by atoms with Crippen molar-refractivity contribution >= 4 is 0 Å². The summed E-state index contributed by atoms with van der Waals surface area (Å²) >= 11 is 0. The molecule has 24 heavy (non-hydrogen) atoms. The van der Waals surface area contributed by atoms with E-state index in [-0.39, 0.29) is 0 Å². The minimum Gasteiger partial charge on any atom is -0.469 e. The molecule has 0 spiro atoms. The first-order chi connectivity index (χ1) is 11.7. The second-order valence-corrected chi connectivity index (χ2v) is 5.83. The highest BCUT2D eigenvalue weighted by Crippen LogP contribution is 2.23. The van der Waals surface area contributed by atoms with Crippen molar-refractivity contribution in [3.05, 3.63) is 47.2 Å². The maximum atomic E-state index is 10.1. The first-order valence-electron chi connectivity index (χ1n) is 8.44. The third-order valence-electron chi connectivity index (χ3n) is 3.96. The number of ether oxygens (including phenoxy) is 2. The average molecular weight is 336 g/mol. The summed E-state index contributed by atoms with van der Waals surface area (Å²) in [6.45, 7) is 1.97. The summed E-state index contributed by atoms with van der Waals surface area (Å²) in [5, 5.41) is 13.5. The highest BCUT2D eigenvalue weighted by molar-refractivity contribution is 5.31. The Labute approximate surface area is 143 Å². The molecule has 1 aromatic rings. The fourth-order valence-electron chi connectivity index (χ4n) is 2.63. The number of furan rings is 1. The number of hydrogen-bond acceptors (Lipinski definition) is 6. The Morgan fingerprint density at radius 2 is 2.29 bits per heavy atom. The molecule has 134 valence electrons. The molecule has 1 aliphatic carbocycles. The van der Waals surface area contributed by atoms with Crippen LogP contribution in [0.2, 0.25) is 0 Å². The number of hydrogen-bond donors (Lipinski definition) is 3. The van der Waals surface area contributed by atoms with Crippen LogP contribution in [-0.2, 0) is 15.9 Å². The van der Waals surface area contributed by atoms with E-state index < -0.39 is 6.29 Å². The fraction of sp³-hybridized carbons (Fsp3) is 0.556. The van der Waals surface area contributed by atoms with Crippen LogP contribution in [0.4, 0.5) is 0 Å². The minimum atomic E-state index is -1.08. The van der Waals surface area contributed by atoms with Crippen molar-refractivity contribution < 1.29 is 19.0 Å². The first kappa shape index (κ1) is 18.6. The smallest absolute Gasteiger partial charge is 0.196 e. The van der Waals surface area contributed by atoms with Gasteiger partial charge in [-0.05, 0) is 49.5 Å². The third kappa shape index (κ3) is 6.03. The van der Waals surface area contributed by atoms with Gasteiger partial charge in [0.05, 0.1) is 18.6 Å². The molecule has 2 rings (SSSR count). The quantitative estimate of drug-likeness (QED) is 0.448. The summed E-state index contributed by atoms with van der Waals surface area (Å²) in [7, 11) is 1.70. The Hall–Kier alpha value is -1.76. The van der Waals surface area contributed by atoms with Gasteiger partial charge in [0.2, 0.25) is 0 Å². The van der Waals surface area contributed by atoms with Gasteiger partial charge in [-0.3, -0.25) is 0 Å². The van der Waals surface area contributed by atoms with Crippen molar-refractivity contribution in [2.24, 2.45) is 5.73 Å². The first-order valence-corrected chi connectivity index (χ1v) is 8.44. The molecule has 0 saturated heterocycles. The van der Waals surface area contributed by atoms with Gasteiger partial charge in [-0.15, -0.1) is 0 Å². The maximum absolute atomic E-state index is 10.1. The maximum Gasteiger partial charge on any atom is 0.196 e. The monoisotopic (exact) mass is 336 g/mol. The molecular weight excluding hydrogens is 308 g/mol. The lowest BCUT2D eigenvalue weighted by atomic mass is 9.97. The van der Waals surface area contributed by atoms with Crippen LogP contribution >= 0.6 is 0 Å². The van der Waals surface area contributed by atoms with Crippen LogP contribution in [0.25, 0.3) is 0 Å². The molecule has 0 aliphatic heterocycles. The van der Waals surface area contributed by atoms with Gasteiger partial charge in [0.15, 0.2) is 6.29 Å². The van der Waals surface area contributed by atoms with E-state index in [1.807, 2.05) is 18.2 Å². The molecule has 6 heteroatoms. The van der Waals surface area contributed by atoms with Gasteiger partial charge in [0.25, 0.3) is 0 Å². The van der Waals surface area contributed by atoms with Crippen LogP contribution in [0.5, 0.6) is 0 Å². The van der Waals surface area contributed by atoms with Crippen molar-refractivity contribution in [1.82, 2.24) is 5.32 Å². The molecule has 1 aliphatic rings. The number of methoxy groups -OCH3 is 1. The summed E-state index contributed by atoms with van der Waals surface area (Å²) < 4.78 is 15.7. The number of rotatable bonds is 10. The molecule has 1 unspecified atom stereocenters. The highest BCUT2D eigenvalue weighted by atomic mass is 16.6. The van der Waals surface area contributed by atoms with E-state index in [1.165, 1.54) is 0 Å². The van der Waals surface area contributed by atoms with Crippen molar-refractivity contribution in [3.8, 4) is 0 Å². The molecule has 0 aromatic carbocycles. The van der Waals surface area contributed by atoms with Crippen molar-refractivity contribution in [3.63, 3.8) is 0 Å². The molecular formula is C18H28N2O4. The topological polar surface area (TPSA) is 89.9 Å². The number of nitrogens with one attached hydrogen (secondary N) is 1. The summed E-state index contributed by atoms with van der Waals surface area (Å²) in [6.07, 6.45) is 7.00. The van der Waals surface area contributed by atoms with Crippen molar-refractivity contribution in [2.75, 3.05) is 26.9 Å². The predicted molar refractivity (Wildman–Crippen MR) is 92.0 cm³/mol. The van der Waals surface area contributed by atoms with Gasteiger partial charge >= 0.3 is 0 Å². The third-order valence-corrected chi connectivity index (χ3v) is 3.96. The molecule has 0 bridgehead atoms. The Bertz CT molecular complexity index is 537. The zero-order valence-electron chi connectivity index (χ0n) is 14.3. The normalized spacial score (nSPS) is 18.2. The largest absolute Gasteiger partial charge is 0.469 e. The summed E-state index contributed by atoms with van der Waals surface area (Å²) in [5.41, 5.74) is 8.57. The number of aliphatic hydroxyl groups excluding tert-OH is 1. The Balaban J connectivity index is 1.83. The average Bonchev–Trinajstić information content (AvgIpc) is 3.11. The molecule has 6 nitrogen and oxygen atoms in total. The van der Waals surface area contributed by atoms with Crippen LogP contribution in [0.1, 0.15) is 31.4 Å². The van der Waals surface area contributed by atoms with Crippen LogP contribution in [0, 0.1) is 0 Å². The fourth-order valence-corrected chi connectivity index (χ4v) is 2.63. The van der Waals surface area contributed by atoms with Gasteiger partial charge in [-0.2, -0.15) is 0 Å². The highest BCUT2D eigenvalue weighted by Gasteiger charge is 2.16. The molecule has 1 aromatic heterocycles. The molecule has 4 N–H and O–H groups in total. The summed E-state index contributed by atoms with van der Waals surface area (Å²) in [6, 6.07) is 3.71. The van der Waals surface area contributed by atoms with Crippen LogP contribution in [0.3, 0.4) is 0 Å². The van der Waals surface area contributed by atoms with E-state index in [0.717, 1.165) is 55.9 Å². The molecule has 0 amide bonds. The van der Waals surface area contributed by atoms with Crippen LogP contribution in [-0.4, -0.2) is 38.3 Å². The SMILES string of the molecule is COCCCNC1=C/C(=C(/N)C(O)OCCc2ccco2)CCC1. The van der Waals surface area contributed by atoms with E-state index in [1.54, 1.807) is 13.4 Å². The van der Waals surface area contributed by atoms with Crippen molar-refractivity contribution in [1.29, 1.82) is 0 Å². The second kappa shape index (κ2) is 10.2. The Morgan fingerprint density at radius 3 is 3.04 bits per heavy atom. The lowest BCUT2D eigenvalue weighted by molar-refractivity contribution is -0.0732. The van der Waals surface area contributed by atoms with E-state index in [0.29, 0.717) is 18.7 Å². The minimum absolute atomic E-state index is 0.356. The van der Waals surface area contributed by atoms with E-state index in [9.17, 15) is 5.11 Å². The number of aliphatic hydroxyl groups is 1. The van der Waals surface area contributed by atoms with Crippen molar-refractivity contribution in [2.45, 2.75) is 38.4 Å². The van der Waals surface area contributed by atoms with Gasteiger partial charge in [-0.1, -0.05) is 0 Å². The number of allylic oxidation sites excluding steroid dienone is 3. The zero-order valence-corrected chi connectivity index (χ0v) is 14.3. The summed E-state index contributed by atoms with van der Waals surface area (Å²) in [4.78, 5) is 0. The molecule has 1 atom stereocenters. The lowest BCUT2D eigenvalue weighted by Crippen LogP contribution is -2.25. The zero-order chi connectivity index (χ0) is 17.2. The summed E-state index contributed by atoms with van der Waals surface area (Å²) in [5.74, 6) is 0.827. The number of nitrogens with two attached hydrogens (primary N) is 1. The van der Waals surface area contributed by atoms with Crippen LogP contribution in [0.15, 0.2) is 45.9 Å². The Kier molecular flexibility index (Phi) is 7.88. The second-order valence-electron chi connectivity index (χ2n) is 5.83. The van der Waals surface area contributed by atoms with Gasteiger partial charge in [0.1, 0.15) is 5.76 Å². The van der Waals surface area contributed by atoms with Gasteiger partial charge in [-0.25, -0.2) is 0 Å². The standard InChI is InChI=1S/C18H28N2O4/c1-22-10-4-9-20-15-6-2-5-14(13-15)17(19)18(21)24-12-8-16-7-3-11-23-16/h3,7,11,13,18,20-21H,2,4-6,8-10,12,19H2,1H3/b17-14+.